The molecule has 3 rings (SSSR count). The Morgan fingerprint density at radius 3 is 2.96 bits per heavy atom. The highest BCUT2D eigenvalue weighted by Crippen LogP contribution is 2.38. The van der Waals surface area contributed by atoms with Crippen molar-refractivity contribution in [1.29, 1.82) is 0 Å². The highest BCUT2D eigenvalue weighted by Gasteiger charge is 2.30. The first-order chi connectivity index (χ1) is 12.6. The van der Waals surface area contributed by atoms with E-state index in [1.54, 1.807) is 12.3 Å². The molecule has 2 heterocycles. The van der Waals surface area contributed by atoms with E-state index in [0.29, 0.717) is 18.6 Å². The minimum Gasteiger partial charge on any atom is -0.493 e. The van der Waals surface area contributed by atoms with Gasteiger partial charge in [-0.25, -0.2) is 13.8 Å². The number of hydrogen-bond donors (Lipinski definition) is 1. The average Bonchev–Trinajstić information content (AvgIpc) is 3.08. The molecule has 2 atom stereocenters. The number of hydrogen-bond acceptors (Lipinski definition) is 5. The number of carbonyl (C=O) groups is 1. The van der Waals surface area contributed by atoms with Gasteiger partial charge in [-0.05, 0) is 18.9 Å². The quantitative estimate of drug-likeness (QED) is 0.761. The summed E-state index contributed by atoms with van der Waals surface area (Å²) >= 11 is 0. The minimum atomic E-state index is -2.45. The molecule has 6 nitrogen and oxygen atoms in total. The van der Waals surface area contributed by atoms with Crippen LogP contribution in [0.5, 0.6) is 11.6 Å². The summed E-state index contributed by atoms with van der Waals surface area (Å²) in [5.74, 6) is 0.272. The maximum atomic E-state index is 12.8. The highest BCUT2D eigenvalue weighted by molar-refractivity contribution is 5.79. The molecule has 0 amide bonds. The fourth-order valence-electron chi connectivity index (χ4n) is 3.59. The fourth-order valence-corrected chi connectivity index (χ4v) is 3.59. The largest absolute Gasteiger partial charge is 0.493 e. The van der Waals surface area contributed by atoms with Crippen molar-refractivity contribution in [3.63, 3.8) is 0 Å². The molecule has 2 unspecified atom stereocenters. The number of nitrogens with zero attached hydrogens (tertiary/aromatic N) is 3. The van der Waals surface area contributed by atoms with Gasteiger partial charge in [-0.2, -0.15) is 5.10 Å². The molecule has 0 saturated heterocycles. The van der Waals surface area contributed by atoms with Crippen LogP contribution < -0.4 is 4.74 Å². The van der Waals surface area contributed by atoms with E-state index in [-0.39, 0.29) is 23.3 Å². The van der Waals surface area contributed by atoms with Crippen LogP contribution in [-0.4, -0.2) is 39.2 Å². The molecule has 1 aliphatic carbocycles. The van der Waals surface area contributed by atoms with Crippen LogP contribution in [0, 0.1) is 5.92 Å². The smallest absolute Gasteiger partial charge is 0.257 e. The Morgan fingerprint density at radius 2 is 2.19 bits per heavy atom. The molecule has 1 aliphatic rings. The highest BCUT2D eigenvalue weighted by atomic mass is 19.3. The van der Waals surface area contributed by atoms with Crippen LogP contribution in [0.2, 0.25) is 0 Å². The second kappa shape index (κ2) is 8.25. The number of halogens is 2. The summed E-state index contributed by atoms with van der Waals surface area (Å²) in [6, 6.07) is 3.04. The van der Waals surface area contributed by atoms with Gasteiger partial charge in [0.1, 0.15) is 12.3 Å². The number of aromatic hydroxyl groups is 1. The fraction of sp³-hybridized carbons (Fsp3) is 0.500. The van der Waals surface area contributed by atoms with Gasteiger partial charge in [0.05, 0.1) is 18.4 Å². The first kappa shape index (κ1) is 18.3. The van der Waals surface area contributed by atoms with Crippen LogP contribution in [-0.2, 0) is 6.54 Å². The topological polar surface area (TPSA) is 77.2 Å². The summed E-state index contributed by atoms with van der Waals surface area (Å²) in [4.78, 5) is 14.9. The molecule has 1 fully saturated rings. The van der Waals surface area contributed by atoms with Gasteiger partial charge in [-0.3, -0.25) is 9.48 Å². The summed E-state index contributed by atoms with van der Waals surface area (Å²) in [6.45, 7) is -0.0681. The maximum absolute atomic E-state index is 12.8. The number of alkyl halides is 2. The number of carbonyl (C=O) groups excluding carboxylic acids is 1. The van der Waals surface area contributed by atoms with E-state index in [0.717, 1.165) is 31.4 Å². The number of pyridine rings is 1. The first-order valence-electron chi connectivity index (χ1n) is 8.65. The van der Waals surface area contributed by atoms with Gasteiger partial charge in [0, 0.05) is 29.8 Å². The van der Waals surface area contributed by atoms with Gasteiger partial charge in [0.2, 0.25) is 5.88 Å². The van der Waals surface area contributed by atoms with Gasteiger partial charge in [0.25, 0.3) is 6.43 Å². The third kappa shape index (κ3) is 4.17. The van der Waals surface area contributed by atoms with Gasteiger partial charge in [0.15, 0.2) is 6.29 Å². The molecule has 0 radical (unpaired) electrons. The van der Waals surface area contributed by atoms with E-state index in [1.807, 2.05) is 0 Å². The Hall–Kier alpha value is -2.51. The Morgan fingerprint density at radius 1 is 1.38 bits per heavy atom. The zero-order chi connectivity index (χ0) is 18.5. The van der Waals surface area contributed by atoms with Crippen LogP contribution in [0.3, 0.4) is 0 Å². The third-order valence-electron chi connectivity index (χ3n) is 4.81. The van der Waals surface area contributed by atoms with Crippen molar-refractivity contribution in [2.45, 2.75) is 44.6 Å². The van der Waals surface area contributed by atoms with Crippen molar-refractivity contribution < 1.29 is 23.4 Å². The van der Waals surface area contributed by atoms with Gasteiger partial charge in [-0.1, -0.05) is 12.8 Å². The molecule has 2 aromatic heterocycles. The molecule has 8 heteroatoms. The summed E-state index contributed by atoms with van der Waals surface area (Å²) < 4.78 is 32.7. The van der Waals surface area contributed by atoms with Crippen molar-refractivity contribution in [3.05, 3.63) is 35.8 Å². The maximum Gasteiger partial charge on any atom is 0.257 e. The van der Waals surface area contributed by atoms with Crippen molar-refractivity contribution in [1.82, 2.24) is 14.8 Å². The Labute approximate surface area is 149 Å². The van der Waals surface area contributed by atoms with Gasteiger partial charge >= 0.3 is 0 Å². The lowest BCUT2D eigenvalue weighted by Gasteiger charge is -2.32. The van der Waals surface area contributed by atoms with Crippen molar-refractivity contribution >= 4 is 6.29 Å². The SMILES string of the molecule is O=Cc1cc(O)ncc1OCC1CCCCC1c1ccnn1CC(F)F. The lowest BCUT2D eigenvalue weighted by atomic mass is 9.78. The van der Waals surface area contributed by atoms with E-state index >= 15 is 0 Å². The summed E-state index contributed by atoms with van der Waals surface area (Å²) in [5, 5.41) is 13.4. The standard InChI is InChI=1S/C18H21F2N3O3/c19-17(20)9-23-15(5-6-22-23)14-4-2-1-3-12(14)11-26-16-8-21-18(25)7-13(16)10-24/h5-8,10,12,14,17H,1-4,9,11H2,(H,21,25). The molecule has 1 N–H and O–H groups in total. The molecular formula is C18H21F2N3O3. The van der Waals surface area contributed by atoms with Crippen molar-refractivity contribution in [2.75, 3.05) is 6.61 Å². The lowest BCUT2D eigenvalue weighted by Crippen LogP contribution is -2.27. The van der Waals surface area contributed by atoms with Crippen molar-refractivity contribution in [3.8, 4) is 11.6 Å². The van der Waals surface area contributed by atoms with E-state index < -0.39 is 13.0 Å². The number of aldehydes is 1. The molecule has 0 spiro atoms. The second-order valence-corrected chi connectivity index (χ2v) is 6.49. The molecular weight excluding hydrogens is 344 g/mol. The van der Waals surface area contributed by atoms with E-state index in [1.165, 1.54) is 16.9 Å². The minimum absolute atomic E-state index is 0.0785. The van der Waals surface area contributed by atoms with Crippen molar-refractivity contribution in [2.24, 2.45) is 5.92 Å². The van der Waals surface area contributed by atoms with Crippen LogP contribution >= 0.6 is 0 Å². The predicted octanol–water partition coefficient (Wildman–Crippen LogP) is 3.41. The van der Waals surface area contributed by atoms with Gasteiger partial charge in [-0.15, -0.1) is 0 Å². The molecule has 2 aromatic rings. The summed E-state index contributed by atoms with van der Waals surface area (Å²) in [7, 11) is 0. The predicted molar refractivity (Wildman–Crippen MR) is 89.7 cm³/mol. The Kier molecular flexibility index (Phi) is 5.80. The van der Waals surface area contributed by atoms with Crippen LogP contribution in [0.15, 0.2) is 24.5 Å². The number of rotatable bonds is 7. The van der Waals surface area contributed by atoms with Gasteiger partial charge < -0.3 is 9.84 Å². The summed E-state index contributed by atoms with van der Waals surface area (Å²) in [5.41, 5.74) is 1.03. The van der Waals surface area contributed by atoms with Crippen LogP contribution in [0.25, 0.3) is 0 Å². The van der Waals surface area contributed by atoms with Crippen LogP contribution in [0.1, 0.15) is 47.7 Å². The van der Waals surface area contributed by atoms with E-state index in [4.69, 9.17) is 4.74 Å². The molecule has 1 saturated carbocycles. The molecule has 140 valence electrons. The number of ether oxygens (including phenoxy) is 1. The van der Waals surface area contributed by atoms with E-state index in [2.05, 4.69) is 10.1 Å². The zero-order valence-electron chi connectivity index (χ0n) is 14.2. The molecule has 0 bridgehead atoms. The normalized spacial score (nSPS) is 20.3. The Bertz CT molecular complexity index is 751. The first-order valence-corrected chi connectivity index (χ1v) is 8.65. The lowest BCUT2D eigenvalue weighted by molar-refractivity contribution is 0.111. The third-order valence-corrected chi connectivity index (χ3v) is 4.81. The second-order valence-electron chi connectivity index (χ2n) is 6.49. The molecule has 0 aliphatic heterocycles. The Balaban J connectivity index is 1.74. The average molecular weight is 365 g/mol. The van der Waals surface area contributed by atoms with E-state index in [9.17, 15) is 18.7 Å². The molecule has 26 heavy (non-hydrogen) atoms. The monoisotopic (exact) mass is 365 g/mol. The molecule has 0 aromatic carbocycles. The van der Waals surface area contributed by atoms with Crippen LogP contribution in [0.4, 0.5) is 8.78 Å². The summed E-state index contributed by atoms with van der Waals surface area (Å²) in [6.07, 6.45) is 4.89. The number of aromatic nitrogens is 3. The zero-order valence-corrected chi connectivity index (χ0v) is 14.2.